The predicted molar refractivity (Wildman–Crippen MR) is 113 cm³/mol. The molecule has 30 heavy (non-hydrogen) atoms. The topological polar surface area (TPSA) is 103 Å². The van der Waals surface area contributed by atoms with Gasteiger partial charge in [0.1, 0.15) is 0 Å². The molecule has 2 fully saturated rings. The van der Waals surface area contributed by atoms with Crippen molar-refractivity contribution in [2.75, 3.05) is 36.7 Å². The van der Waals surface area contributed by atoms with Gasteiger partial charge in [-0.25, -0.2) is 13.4 Å². The summed E-state index contributed by atoms with van der Waals surface area (Å²) >= 11 is 0. The number of para-hydroxylation sites is 1. The number of sulfonamides is 1. The number of benzene rings is 2. The molecule has 4 rings (SSSR count). The molecule has 2 aromatic rings. The van der Waals surface area contributed by atoms with Crippen molar-refractivity contribution >= 4 is 33.0 Å². The van der Waals surface area contributed by atoms with E-state index < -0.39 is 10.0 Å². The second kappa shape index (κ2) is 8.27. The van der Waals surface area contributed by atoms with Crippen LogP contribution in [0.3, 0.4) is 0 Å². The van der Waals surface area contributed by atoms with Crippen LogP contribution in [-0.2, 0) is 19.6 Å². The zero-order valence-electron chi connectivity index (χ0n) is 16.1. The van der Waals surface area contributed by atoms with Gasteiger partial charge in [-0.3, -0.25) is 15.6 Å². The molecule has 0 aliphatic carbocycles. The molecule has 0 saturated carbocycles. The first kappa shape index (κ1) is 20.1. The Morgan fingerprint density at radius 1 is 1.03 bits per heavy atom. The maximum Gasteiger partial charge on any atom is 0.299 e. The van der Waals surface area contributed by atoms with Gasteiger partial charge in [-0.1, -0.05) is 24.8 Å². The molecule has 9 nitrogen and oxygen atoms in total. The average molecular weight is 427 g/mol. The smallest absolute Gasteiger partial charge is 0.299 e. The van der Waals surface area contributed by atoms with Gasteiger partial charge in [0, 0.05) is 13.1 Å². The van der Waals surface area contributed by atoms with Gasteiger partial charge >= 0.3 is 0 Å². The number of hydrogen-bond donors (Lipinski definition) is 2. The number of morpholine rings is 1. The number of rotatable bonds is 5. The van der Waals surface area contributed by atoms with E-state index in [1.54, 1.807) is 24.3 Å². The third-order valence-corrected chi connectivity index (χ3v) is 6.62. The minimum atomic E-state index is -3.56. The predicted octanol–water partition coefficient (Wildman–Crippen LogP) is 1.54. The summed E-state index contributed by atoms with van der Waals surface area (Å²) in [6, 6.07) is 15.3. The second-order valence-corrected chi connectivity index (χ2v) is 8.62. The first-order valence-corrected chi connectivity index (χ1v) is 10.8. The average Bonchev–Trinajstić information content (AvgIpc) is 3.07. The van der Waals surface area contributed by atoms with Crippen LogP contribution in [0.1, 0.15) is 0 Å². The number of hydrogen-bond acceptors (Lipinski definition) is 7. The van der Waals surface area contributed by atoms with E-state index in [0.29, 0.717) is 43.4 Å². The molecule has 2 heterocycles. The van der Waals surface area contributed by atoms with E-state index in [1.807, 2.05) is 18.2 Å². The molecule has 0 aromatic heterocycles. The lowest BCUT2D eigenvalue weighted by atomic mass is 10.3. The molecule has 2 aliphatic heterocycles. The summed E-state index contributed by atoms with van der Waals surface area (Å²) in [5.41, 5.74) is 7.41. The molecule has 2 N–H and O–H groups in total. The van der Waals surface area contributed by atoms with E-state index in [-0.39, 0.29) is 16.5 Å². The molecular weight excluding hydrogens is 406 g/mol. The van der Waals surface area contributed by atoms with Crippen LogP contribution in [0, 0.1) is 0 Å². The summed E-state index contributed by atoms with van der Waals surface area (Å²) in [5, 5.41) is 5.51. The summed E-state index contributed by atoms with van der Waals surface area (Å²) in [6.45, 7) is 5.29. The Hall–Kier alpha value is -3.21. The van der Waals surface area contributed by atoms with Crippen molar-refractivity contribution in [1.82, 2.24) is 9.73 Å². The van der Waals surface area contributed by atoms with Crippen molar-refractivity contribution in [3.63, 3.8) is 0 Å². The lowest BCUT2D eigenvalue weighted by molar-refractivity contribution is -0.112. The van der Waals surface area contributed by atoms with Crippen molar-refractivity contribution in [2.24, 2.45) is 5.10 Å². The number of amides is 1. The monoisotopic (exact) mass is 427 g/mol. The van der Waals surface area contributed by atoms with Gasteiger partial charge in [0.25, 0.3) is 5.91 Å². The standard InChI is InChI=1S/C20H21N5O4S/c1-15-19(20(26)25(23-15)17-5-3-2-4-6-17)22-21-16-7-9-18(10-8-16)30(27,28)24-11-13-29-14-12-24/h2-10,21,23H,1,11-14H2/b22-19+. The van der Waals surface area contributed by atoms with Crippen LogP contribution in [0.25, 0.3) is 0 Å². The summed E-state index contributed by atoms with van der Waals surface area (Å²) in [4.78, 5) is 12.8. The molecule has 156 valence electrons. The van der Waals surface area contributed by atoms with Gasteiger partial charge < -0.3 is 4.74 Å². The first-order chi connectivity index (χ1) is 14.5. The zero-order valence-corrected chi connectivity index (χ0v) is 16.9. The minimum Gasteiger partial charge on any atom is -0.379 e. The lowest BCUT2D eigenvalue weighted by Crippen LogP contribution is -2.40. The van der Waals surface area contributed by atoms with Crippen molar-refractivity contribution in [1.29, 1.82) is 0 Å². The minimum absolute atomic E-state index is 0.142. The van der Waals surface area contributed by atoms with Gasteiger partial charge in [-0.05, 0) is 36.4 Å². The summed E-state index contributed by atoms with van der Waals surface area (Å²) in [5.74, 6) is -0.342. The number of carbonyl (C=O) groups excluding carboxylic acids is 1. The molecule has 1 amide bonds. The molecule has 0 atom stereocenters. The van der Waals surface area contributed by atoms with Crippen LogP contribution >= 0.6 is 0 Å². The Bertz CT molecular complexity index is 1080. The van der Waals surface area contributed by atoms with Gasteiger partial charge in [0.2, 0.25) is 10.0 Å². The fraction of sp³-hybridized carbons (Fsp3) is 0.200. The van der Waals surface area contributed by atoms with E-state index in [4.69, 9.17) is 4.74 Å². The maximum absolute atomic E-state index is 12.7. The zero-order chi connectivity index (χ0) is 21.1. The van der Waals surface area contributed by atoms with Gasteiger partial charge in [-0.15, -0.1) is 0 Å². The highest BCUT2D eigenvalue weighted by molar-refractivity contribution is 7.89. The fourth-order valence-electron chi connectivity index (χ4n) is 3.11. The molecule has 2 aromatic carbocycles. The molecule has 0 spiro atoms. The van der Waals surface area contributed by atoms with Gasteiger partial charge in [-0.2, -0.15) is 9.41 Å². The second-order valence-electron chi connectivity index (χ2n) is 6.68. The van der Waals surface area contributed by atoms with Crippen molar-refractivity contribution < 1.29 is 17.9 Å². The van der Waals surface area contributed by atoms with Crippen LogP contribution in [0.2, 0.25) is 0 Å². The highest BCUT2D eigenvalue weighted by atomic mass is 32.2. The van der Waals surface area contributed by atoms with E-state index in [9.17, 15) is 13.2 Å². The molecule has 2 aliphatic rings. The van der Waals surface area contributed by atoms with E-state index in [2.05, 4.69) is 22.5 Å². The van der Waals surface area contributed by atoms with Crippen molar-refractivity contribution in [3.8, 4) is 0 Å². The summed E-state index contributed by atoms with van der Waals surface area (Å²) in [6.07, 6.45) is 0. The normalized spacial score (nSPS) is 19.2. The van der Waals surface area contributed by atoms with Crippen LogP contribution in [0.15, 0.2) is 76.9 Å². The Morgan fingerprint density at radius 3 is 2.37 bits per heavy atom. The number of hydrazine groups is 1. The highest BCUT2D eigenvalue weighted by Gasteiger charge is 2.32. The highest BCUT2D eigenvalue weighted by Crippen LogP contribution is 2.21. The van der Waals surface area contributed by atoms with Gasteiger partial charge in [0.15, 0.2) is 5.71 Å². The molecule has 2 saturated heterocycles. The van der Waals surface area contributed by atoms with Crippen molar-refractivity contribution in [3.05, 3.63) is 66.9 Å². The Labute approximate surface area is 174 Å². The van der Waals surface area contributed by atoms with Crippen LogP contribution < -0.4 is 15.9 Å². The molecule has 0 radical (unpaired) electrons. The third kappa shape index (κ3) is 3.92. The number of nitrogens with one attached hydrogen (secondary N) is 2. The third-order valence-electron chi connectivity index (χ3n) is 4.71. The fourth-order valence-corrected chi connectivity index (χ4v) is 4.51. The number of hydrazone groups is 1. The Morgan fingerprint density at radius 2 is 1.70 bits per heavy atom. The van der Waals surface area contributed by atoms with Gasteiger partial charge in [0.05, 0.1) is 35.2 Å². The Balaban J connectivity index is 1.46. The van der Waals surface area contributed by atoms with E-state index in [1.165, 1.54) is 21.4 Å². The maximum atomic E-state index is 12.7. The lowest BCUT2D eigenvalue weighted by Gasteiger charge is -2.26. The number of carbonyl (C=O) groups is 1. The largest absolute Gasteiger partial charge is 0.379 e. The number of nitrogens with zero attached hydrogens (tertiary/aromatic N) is 3. The van der Waals surface area contributed by atoms with E-state index >= 15 is 0 Å². The van der Waals surface area contributed by atoms with E-state index in [0.717, 1.165) is 0 Å². The van der Waals surface area contributed by atoms with Crippen molar-refractivity contribution in [2.45, 2.75) is 4.90 Å². The summed E-state index contributed by atoms with van der Waals surface area (Å²) < 4.78 is 32.0. The Kier molecular flexibility index (Phi) is 5.53. The van der Waals surface area contributed by atoms with Crippen LogP contribution in [-0.4, -0.2) is 50.6 Å². The molecular formula is C20H21N5O4S. The quantitative estimate of drug-likeness (QED) is 0.702. The molecule has 0 unspecified atom stereocenters. The number of anilines is 2. The SMILES string of the molecule is C=C1NN(c2ccccc2)C(=O)/C1=N/Nc1ccc(S(=O)(=O)N2CCOCC2)cc1. The first-order valence-electron chi connectivity index (χ1n) is 9.34. The number of ether oxygens (including phenoxy) is 1. The van der Waals surface area contributed by atoms with Crippen LogP contribution in [0.5, 0.6) is 0 Å². The molecule has 10 heteroatoms. The molecule has 0 bridgehead atoms. The van der Waals surface area contributed by atoms with Crippen LogP contribution in [0.4, 0.5) is 11.4 Å². The summed E-state index contributed by atoms with van der Waals surface area (Å²) in [7, 11) is -3.56.